The quantitative estimate of drug-likeness (QED) is 0.718. The second kappa shape index (κ2) is 9.14. The van der Waals surface area contributed by atoms with Gasteiger partial charge in [-0.2, -0.15) is 0 Å². The predicted molar refractivity (Wildman–Crippen MR) is 111 cm³/mol. The molecule has 3 rings (SSSR count). The van der Waals surface area contributed by atoms with Crippen LogP contribution in [0.15, 0.2) is 54.6 Å². The maximum Gasteiger partial charge on any atom is 0.268 e. The fourth-order valence-electron chi connectivity index (χ4n) is 4.28. The van der Waals surface area contributed by atoms with E-state index in [0.717, 1.165) is 25.3 Å². The summed E-state index contributed by atoms with van der Waals surface area (Å²) in [6, 6.07) is 17.5. The van der Waals surface area contributed by atoms with E-state index in [0.29, 0.717) is 19.0 Å². The zero-order valence-corrected chi connectivity index (χ0v) is 17.0. The number of halogens is 2. The Balaban J connectivity index is 1.68. The van der Waals surface area contributed by atoms with E-state index < -0.39 is 18.1 Å². The average molecular weight is 401 g/mol. The summed E-state index contributed by atoms with van der Waals surface area (Å²) >= 11 is 0. The zero-order valence-electron chi connectivity index (χ0n) is 17.0. The Labute approximate surface area is 171 Å². The van der Waals surface area contributed by atoms with Gasteiger partial charge in [-0.05, 0) is 55.5 Å². The van der Waals surface area contributed by atoms with E-state index in [-0.39, 0.29) is 12.2 Å². The SMILES string of the molecule is CCC(=O)C(N1CCC(c2ccc(-c3ccccc3)cc2)CC1)C(C)(O)C(F)F. The number of carbonyl (C=O) groups excluding carboxylic acids is 1. The molecule has 5 heteroatoms. The molecule has 3 nitrogen and oxygen atoms in total. The summed E-state index contributed by atoms with van der Waals surface area (Å²) < 4.78 is 26.8. The maximum atomic E-state index is 13.4. The second-order valence-corrected chi connectivity index (χ2v) is 8.05. The van der Waals surface area contributed by atoms with Crippen molar-refractivity contribution in [3.05, 3.63) is 60.2 Å². The molecule has 29 heavy (non-hydrogen) atoms. The van der Waals surface area contributed by atoms with Crippen LogP contribution in [0.4, 0.5) is 8.78 Å². The molecule has 1 saturated heterocycles. The maximum absolute atomic E-state index is 13.4. The molecule has 2 aromatic carbocycles. The van der Waals surface area contributed by atoms with Gasteiger partial charge < -0.3 is 5.11 Å². The molecule has 0 saturated carbocycles. The number of ketones is 1. The molecule has 0 radical (unpaired) electrons. The highest BCUT2D eigenvalue weighted by Crippen LogP contribution is 2.34. The van der Waals surface area contributed by atoms with Gasteiger partial charge in [-0.25, -0.2) is 8.78 Å². The summed E-state index contributed by atoms with van der Waals surface area (Å²) in [4.78, 5) is 14.1. The number of piperidine rings is 1. The molecule has 0 aliphatic carbocycles. The van der Waals surface area contributed by atoms with Gasteiger partial charge in [0.15, 0.2) is 5.78 Å². The first-order chi connectivity index (χ1) is 13.8. The van der Waals surface area contributed by atoms with Crippen LogP contribution in [0.25, 0.3) is 11.1 Å². The second-order valence-electron chi connectivity index (χ2n) is 8.05. The van der Waals surface area contributed by atoms with Crippen LogP contribution < -0.4 is 0 Å². The van der Waals surface area contributed by atoms with Crippen LogP contribution in [-0.4, -0.2) is 46.9 Å². The largest absolute Gasteiger partial charge is 0.382 e. The molecule has 1 N–H and O–H groups in total. The Hall–Kier alpha value is -2.11. The van der Waals surface area contributed by atoms with Crippen LogP contribution in [-0.2, 0) is 4.79 Å². The van der Waals surface area contributed by atoms with Gasteiger partial charge in [0.05, 0.1) is 0 Å². The fourth-order valence-corrected chi connectivity index (χ4v) is 4.28. The van der Waals surface area contributed by atoms with E-state index in [1.165, 1.54) is 11.1 Å². The molecule has 0 bridgehead atoms. The number of hydrogen-bond acceptors (Lipinski definition) is 3. The molecule has 1 aliphatic heterocycles. The number of carbonyl (C=O) groups is 1. The Morgan fingerprint density at radius 1 is 1.07 bits per heavy atom. The number of hydrogen-bond donors (Lipinski definition) is 1. The van der Waals surface area contributed by atoms with Crippen molar-refractivity contribution < 1.29 is 18.7 Å². The molecule has 0 aromatic heterocycles. The normalized spacial score (nSPS) is 19.1. The van der Waals surface area contributed by atoms with Crippen molar-refractivity contribution in [2.24, 2.45) is 0 Å². The lowest BCUT2D eigenvalue weighted by molar-refractivity contribution is -0.156. The lowest BCUT2D eigenvalue weighted by atomic mass is 9.84. The first-order valence-electron chi connectivity index (χ1n) is 10.3. The summed E-state index contributed by atoms with van der Waals surface area (Å²) in [6.45, 7) is 3.76. The third-order valence-corrected chi connectivity index (χ3v) is 6.03. The van der Waals surface area contributed by atoms with Gasteiger partial charge in [0.1, 0.15) is 11.6 Å². The first-order valence-corrected chi connectivity index (χ1v) is 10.3. The van der Waals surface area contributed by atoms with E-state index in [9.17, 15) is 18.7 Å². The standard InChI is InChI=1S/C24H29F2NO2/c1-3-21(28)22(24(2,29)23(25)26)27-15-13-20(14-16-27)19-11-9-18(10-12-19)17-7-5-4-6-8-17/h4-12,20,22-23,29H,3,13-16H2,1-2H3. The number of alkyl halides is 2. The van der Waals surface area contributed by atoms with Crippen LogP contribution >= 0.6 is 0 Å². The van der Waals surface area contributed by atoms with Crippen molar-refractivity contribution in [2.45, 2.75) is 57.1 Å². The van der Waals surface area contributed by atoms with E-state index in [1.807, 2.05) is 18.2 Å². The van der Waals surface area contributed by atoms with Gasteiger partial charge in [0.2, 0.25) is 0 Å². The van der Waals surface area contributed by atoms with Gasteiger partial charge in [-0.1, -0.05) is 61.5 Å². The molecular formula is C24H29F2NO2. The van der Waals surface area contributed by atoms with Gasteiger partial charge in [0.25, 0.3) is 6.43 Å². The van der Waals surface area contributed by atoms with E-state index in [2.05, 4.69) is 36.4 Å². The highest BCUT2D eigenvalue weighted by molar-refractivity contribution is 5.85. The Morgan fingerprint density at radius 3 is 2.14 bits per heavy atom. The van der Waals surface area contributed by atoms with Crippen molar-refractivity contribution >= 4 is 5.78 Å². The summed E-state index contributed by atoms with van der Waals surface area (Å²) in [7, 11) is 0. The minimum atomic E-state index is -2.97. The monoisotopic (exact) mass is 401 g/mol. The summed E-state index contributed by atoms with van der Waals surface area (Å²) in [5, 5.41) is 10.3. The highest BCUT2D eigenvalue weighted by atomic mass is 19.3. The van der Waals surface area contributed by atoms with Crippen LogP contribution in [0.3, 0.4) is 0 Å². The number of nitrogens with zero attached hydrogens (tertiary/aromatic N) is 1. The number of rotatable bonds is 7. The first kappa shape index (κ1) is 21.6. The molecule has 2 aromatic rings. The molecule has 0 amide bonds. The lowest BCUT2D eigenvalue weighted by Crippen LogP contribution is -2.60. The minimum Gasteiger partial charge on any atom is -0.382 e. The molecule has 2 atom stereocenters. The van der Waals surface area contributed by atoms with E-state index >= 15 is 0 Å². The summed E-state index contributed by atoms with van der Waals surface area (Å²) in [5.41, 5.74) is 1.22. The molecular weight excluding hydrogens is 372 g/mol. The minimum absolute atomic E-state index is 0.133. The average Bonchev–Trinajstić information content (AvgIpc) is 2.75. The fraction of sp³-hybridized carbons (Fsp3) is 0.458. The molecule has 1 fully saturated rings. The van der Waals surface area contributed by atoms with Crippen molar-refractivity contribution in [3.63, 3.8) is 0 Å². The van der Waals surface area contributed by atoms with Crippen molar-refractivity contribution in [1.82, 2.24) is 4.90 Å². The van der Waals surface area contributed by atoms with Crippen LogP contribution in [0, 0.1) is 0 Å². The van der Waals surface area contributed by atoms with Crippen molar-refractivity contribution in [3.8, 4) is 11.1 Å². The smallest absolute Gasteiger partial charge is 0.268 e. The lowest BCUT2D eigenvalue weighted by Gasteiger charge is -2.42. The topological polar surface area (TPSA) is 40.5 Å². The van der Waals surface area contributed by atoms with E-state index in [1.54, 1.807) is 11.8 Å². The van der Waals surface area contributed by atoms with Crippen LogP contribution in [0.2, 0.25) is 0 Å². The number of likely N-dealkylation sites (tertiary alicyclic amines) is 1. The van der Waals surface area contributed by atoms with Crippen molar-refractivity contribution in [2.75, 3.05) is 13.1 Å². The Kier molecular flexibility index (Phi) is 6.81. The van der Waals surface area contributed by atoms with Gasteiger partial charge in [-0.3, -0.25) is 9.69 Å². The number of Topliss-reactive ketones (excluding diaryl/α,β-unsaturated/α-hetero) is 1. The summed E-state index contributed by atoms with van der Waals surface area (Å²) in [6.07, 6.45) is -1.28. The van der Waals surface area contributed by atoms with Crippen LogP contribution in [0.1, 0.15) is 44.6 Å². The number of benzene rings is 2. The van der Waals surface area contributed by atoms with E-state index in [4.69, 9.17) is 0 Å². The van der Waals surface area contributed by atoms with Gasteiger partial charge >= 0.3 is 0 Å². The molecule has 0 spiro atoms. The molecule has 1 aliphatic rings. The molecule has 2 unspecified atom stereocenters. The summed E-state index contributed by atoms with van der Waals surface area (Å²) in [5.74, 6) is -0.00841. The Bertz CT molecular complexity index is 797. The third-order valence-electron chi connectivity index (χ3n) is 6.03. The predicted octanol–water partition coefficient (Wildman–Crippen LogP) is 4.90. The Morgan fingerprint density at radius 2 is 1.62 bits per heavy atom. The zero-order chi connectivity index (χ0) is 21.0. The van der Waals surface area contributed by atoms with Crippen molar-refractivity contribution in [1.29, 1.82) is 0 Å². The van der Waals surface area contributed by atoms with Gasteiger partial charge in [-0.15, -0.1) is 0 Å². The van der Waals surface area contributed by atoms with Crippen LogP contribution in [0.5, 0.6) is 0 Å². The third kappa shape index (κ3) is 4.73. The number of aliphatic hydroxyl groups is 1. The van der Waals surface area contributed by atoms with Gasteiger partial charge in [0, 0.05) is 6.42 Å². The molecule has 156 valence electrons. The molecule has 1 heterocycles. The highest BCUT2D eigenvalue weighted by Gasteiger charge is 2.47.